The number of nitrogens with one attached hydrogen (secondary N) is 1. The highest BCUT2D eigenvalue weighted by molar-refractivity contribution is 5.37. The van der Waals surface area contributed by atoms with Crippen molar-refractivity contribution in [2.75, 3.05) is 7.05 Å². The van der Waals surface area contributed by atoms with Crippen molar-refractivity contribution in [1.82, 2.24) is 5.32 Å². The SMILES string of the molecule is CNC(C)c1cc(F)ccc1OCc1ccc(F)cc1C. The summed E-state index contributed by atoms with van der Waals surface area (Å²) in [5.74, 6) is 0.0712. The van der Waals surface area contributed by atoms with Gasteiger partial charge < -0.3 is 10.1 Å². The molecule has 2 aromatic rings. The van der Waals surface area contributed by atoms with Crippen LogP contribution < -0.4 is 10.1 Å². The van der Waals surface area contributed by atoms with Crippen LogP contribution in [0.15, 0.2) is 36.4 Å². The van der Waals surface area contributed by atoms with E-state index in [0.29, 0.717) is 12.4 Å². The Kier molecular flexibility index (Phi) is 4.91. The zero-order valence-corrected chi connectivity index (χ0v) is 12.4. The van der Waals surface area contributed by atoms with Gasteiger partial charge in [0.25, 0.3) is 0 Å². The van der Waals surface area contributed by atoms with E-state index in [1.165, 1.54) is 24.3 Å². The first-order valence-electron chi connectivity index (χ1n) is 6.86. The molecule has 112 valence electrons. The molecule has 0 radical (unpaired) electrons. The van der Waals surface area contributed by atoms with Crippen LogP contribution in [0.4, 0.5) is 8.78 Å². The predicted molar refractivity (Wildman–Crippen MR) is 79.3 cm³/mol. The Labute approximate surface area is 123 Å². The van der Waals surface area contributed by atoms with Crippen molar-refractivity contribution in [2.24, 2.45) is 0 Å². The fourth-order valence-corrected chi connectivity index (χ4v) is 2.12. The molecule has 1 unspecified atom stereocenters. The summed E-state index contributed by atoms with van der Waals surface area (Å²) in [5, 5.41) is 3.07. The van der Waals surface area contributed by atoms with Gasteiger partial charge in [-0.25, -0.2) is 8.78 Å². The molecule has 0 aliphatic carbocycles. The quantitative estimate of drug-likeness (QED) is 0.894. The lowest BCUT2D eigenvalue weighted by molar-refractivity contribution is 0.298. The minimum Gasteiger partial charge on any atom is -0.489 e. The molecule has 1 atom stereocenters. The molecule has 0 aromatic heterocycles. The van der Waals surface area contributed by atoms with Crippen LogP contribution in [0.1, 0.15) is 29.7 Å². The lowest BCUT2D eigenvalue weighted by Crippen LogP contribution is -2.14. The van der Waals surface area contributed by atoms with Crippen LogP contribution in [0.5, 0.6) is 5.75 Å². The van der Waals surface area contributed by atoms with Gasteiger partial charge in [-0.3, -0.25) is 0 Å². The fourth-order valence-electron chi connectivity index (χ4n) is 2.12. The van der Waals surface area contributed by atoms with E-state index in [4.69, 9.17) is 4.74 Å². The second kappa shape index (κ2) is 6.68. The molecule has 2 rings (SSSR count). The lowest BCUT2D eigenvalue weighted by atomic mass is 10.1. The highest BCUT2D eigenvalue weighted by Crippen LogP contribution is 2.27. The van der Waals surface area contributed by atoms with Crippen molar-refractivity contribution in [3.63, 3.8) is 0 Å². The molecule has 0 spiro atoms. The lowest BCUT2D eigenvalue weighted by Gasteiger charge is -2.17. The second-order valence-corrected chi connectivity index (χ2v) is 5.05. The topological polar surface area (TPSA) is 21.3 Å². The monoisotopic (exact) mass is 291 g/mol. The molecule has 0 heterocycles. The van der Waals surface area contributed by atoms with E-state index in [1.807, 2.05) is 20.9 Å². The smallest absolute Gasteiger partial charge is 0.124 e. The number of halogens is 2. The minimum absolute atomic E-state index is 0.0231. The van der Waals surface area contributed by atoms with Gasteiger partial charge in [0.1, 0.15) is 24.0 Å². The molecular formula is C17H19F2NO. The zero-order chi connectivity index (χ0) is 15.4. The number of ether oxygens (including phenoxy) is 1. The second-order valence-electron chi connectivity index (χ2n) is 5.05. The Hall–Kier alpha value is -1.94. The molecule has 0 bridgehead atoms. The van der Waals surface area contributed by atoms with Crippen LogP contribution in [-0.4, -0.2) is 7.05 Å². The molecule has 0 amide bonds. The van der Waals surface area contributed by atoms with Gasteiger partial charge in [0.15, 0.2) is 0 Å². The van der Waals surface area contributed by atoms with Crippen molar-refractivity contribution in [3.8, 4) is 5.75 Å². The van der Waals surface area contributed by atoms with E-state index >= 15 is 0 Å². The molecule has 0 saturated carbocycles. The first-order valence-corrected chi connectivity index (χ1v) is 6.86. The van der Waals surface area contributed by atoms with Gasteiger partial charge in [-0.05, 0) is 62.4 Å². The Bertz CT molecular complexity index is 628. The summed E-state index contributed by atoms with van der Waals surface area (Å²) in [7, 11) is 1.81. The summed E-state index contributed by atoms with van der Waals surface area (Å²) in [6, 6.07) is 9.03. The van der Waals surface area contributed by atoms with E-state index in [-0.39, 0.29) is 17.7 Å². The van der Waals surface area contributed by atoms with E-state index in [1.54, 1.807) is 12.1 Å². The first-order chi connectivity index (χ1) is 10.0. The maximum absolute atomic E-state index is 13.4. The normalized spacial score (nSPS) is 12.2. The third kappa shape index (κ3) is 3.79. The van der Waals surface area contributed by atoms with Gasteiger partial charge in [-0.1, -0.05) is 6.07 Å². The maximum atomic E-state index is 13.4. The van der Waals surface area contributed by atoms with Crippen molar-refractivity contribution in [3.05, 3.63) is 64.7 Å². The van der Waals surface area contributed by atoms with Crippen LogP contribution in [0.3, 0.4) is 0 Å². The molecular weight excluding hydrogens is 272 g/mol. The summed E-state index contributed by atoms with van der Waals surface area (Å²) in [4.78, 5) is 0. The molecule has 1 N–H and O–H groups in total. The number of hydrogen-bond acceptors (Lipinski definition) is 2. The van der Waals surface area contributed by atoms with Crippen LogP contribution in [0.2, 0.25) is 0 Å². The Balaban J connectivity index is 2.19. The molecule has 0 fully saturated rings. The van der Waals surface area contributed by atoms with Gasteiger partial charge in [-0.2, -0.15) is 0 Å². The Morgan fingerprint density at radius 1 is 1.10 bits per heavy atom. The van der Waals surface area contributed by atoms with Gasteiger partial charge >= 0.3 is 0 Å². The highest BCUT2D eigenvalue weighted by atomic mass is 19.1. The van der Waals surface area contributed by atoms with Crippen molar-refractivity contribution < 1.29 is 13.5 Å². The Morgan fingerprint density at radius 2 is 1.76 bits per heavy atom. The van der Waals surface area contributed by atoms with Crippen LogP contribution in [0, 0.1) is 18.6 Å². The average molecular weight is 291 g/mol. The molecule has 0 aliphatic rings. The van der Waals surface area contributed by atoms with E-state index < -0.39 is 0 Å². The number of aryl methyl sites for hydroxylation is 1. The third-order valence-corrected chi connectivity index (χ3v) is 3.56. The van der Waals surface area contributed by atoms with Crippen LogP contribution >= 0.6 is 0 Å². The number of hydrogen-bond donors (Lipinski definition) is 1. The summed E-state index contributed by atoms with van der Waals surface area (Å²) < 4.78 is 32.3. The molecule has 2 aromatic carbocycles. The van der Waals surface area contributed by atoms with E-state index in [9.17, 15) is 8.78 Å². The largest absolute Gasteiger partial charge is 0.489 e. The molecule has 4 heteroatoms. The van der Waals surface area contributed by atoms with Crippen molar-refractivity contribution in [2.45, 2.75) is 26.5 Å². The molecule has 0 aliphatic heterocycles. The summed E-state index contributed by atoms with van der Waals surface area (Å²) in [5.41, 5.74) is 2.50. The Morgan fingerprint density at radius 3 is 2.43 bits per heavy atom. The number of benzene rings is 2. The fraction of sp³-hybridized carbons (Fsp3) is 0.294. The van der Waals surface area contributed by atoms with Crippen LogP contribution in [-0.2, 0) is 6.61 Å². The van der Waals surface area contributed by atoms with Gasteiger partial charge in [0.05, 0.1) is 0 Å². The van der Waals surface area contributed by atoms with Gasteiger partial charge in [0.2, 0.25) is 0 Å². The molecule has 21 heavy (non-hydrogen) atoms. The average Bonchev–Trinajstić information content (AvgIpc) is 2.46. The minimum atomic E-state index is -0.294. The van der Waals surface area contributed by atoms with Crippen molar-refractivity contribution >= 4 is 0 Å². The van der Waals surface area contributed by atoms with E-state index in [0.717, 1.165) is 16.7 Å². The zero-order valence-electron chi connectivity index (χ0n) is 12.4. The standard InChI is InChI=1S/C17H19F2NO/c1-11-8-14(18)5-4-13(11)10-21-17-7-6-15(19)9-16(17)12(2)20-3/h4-9,12,20H,10H2,1-3H3. The summed E-state index contributed by atoms with van der Waals surface area (Å²) in [6.45, 7) is 4.09. The van der Waals surface area contributed by atoms with Gasteiger partial charge in [0, 0.05) is 11.6 Å². The highest BCUT2D eigenvalue weighted by Gasteiger charge is 2.12. The summed E-state index contributed by atoms with van der Waals surface area (Å²) >= 11 is 0. The van der Waals surface area contributed by atoms with Crippen LogP contribution in [0.25, 0.3) is 0 Å². The third-order valence-electron chi connectivity index (χ3n) is 3.56. The first kappa shape index (κ1) is 15.4. The summed E-state index contributed by atoms with van der Waals surface area (Å²) in [6.07, 6.45) is 0. The maximum Gasteiger partial charge on any atom is 0.124 e. The predicted octanol–water partition coefficient (Wildman–Crippen LogP) is 4.13. The number of rotatable bonds is 5. The molecule has 0 saturated heterocycles. The van der Waals surface area contributed by atoms with Gasteiger partial charge in [-0.15, -0.1) is 0 Å². The van der Waals surface area contributed by atoms with Crippen molar-refractivity contribution in [1.29, 1.82) is 0 Å². The molecule has 2 nitrogen and oxygen atoms in total. The van der Waals surface area contributed by atoms with E-state index in [2.05, 4.69) is 5.32 Å².